The predicted molar refractivity (Wildman–Crippen MR) is 77.2 cm³/mol. The van der Waals surface area contributed by atoms with Crippen molar-refractivity contribution in [2.75, 3.05) is 12.4 Å². The molecular weight excluding hydrogens is 320 g/mol. The molecule has 18 heavy (non-hydrogen) atoms. The summed E-state index contributed by atoms with van der Waals surface area (Å²) in [5, 5.41) is 3.23. The van der Waals surface area contributed by atoms with Gasteiger partial charge in [-0.15, -0.1) is 0 Å². The smallest absolute Gasteiger partial charge is 0.241 e. The van der Waals surface area contributed by atoms with Gasteiger partial charge in [-0.1, -0.05) is 24.9 Å². The fraction of sp³-hybridized carbons (Fsp3) is 0.417. The minimum atomic E-state index is -0.530. The lowest BCUT2D eigenvalue weighted by atomic mass is 10.1. The van der Waals surface area contributed by atoms with Crippen LogP contribution in [0.3, 0.4) is 0 Å². The molecule has 0 radical (unpaired) electrons. The van der Waals surface area contributed by atoms with Gasteiger partial charge in [0.25, 0.3) is 0 Å². The zero-order valence-corrected chi connectivity index (χ0v) is 12.6. The zero-order valence-electron chi connectivity index (χ0n) is 10.3. The number of nitrogens with two attached hydrogens (primary N) is 1. The van der Waals surface area contributed by atoms with Gasteiger partial charge in [0, 0.05) is 5.02 Å². The number of ether oxygens (including phenoxy) is 1. The number of hydrogen-bond donors (Lipinski definition) is 2. The van der Waals surface area contributed by atoms with E-state index >= 15 is 0 Å². The summed E-state index contributed by atoms with van der Waals surface area (Å²) >= 11 is 9.26. The first-order valence-electron chi connectivity index (χ1n) is 5.59. The minimum Gasteiger partial charge on any atom is -0.493 e. The van der Waals surface area contributed by atoms with Crippen molar-refractivity contribution in [1.29, 1.82) is 0 Å². The number of amides is 1. The van der Waals surface area contributed by atoms with Crippen molar-refractivity contribution in [3.05, 3.63) is 21.6 Å². The Morgan fingerprint density at radius 3 is 2.83 bits per heavy atom. The van der Waals surface area contributed by atoms with Crippen LogP contribution in [0.1, 0.15) is 19.8 Å². The molecule has 0 bridgehead atoms. The molecule has 0 spiro atoms. The first-order valence-corrected chi connectivity index (χ1v) is 6.76. The van der Waals surface area contributed by atoms with E-state index in [2.05, 4.69) is 21.2 Å². The summed E-state index contributed by atoms with van der Waals surface area (Å²) in [7, 11) is 1.52. The van der Waals surface area contributed by atoms with Crippen molar-refractivity contribution in [2.45, 2.75) is 25.8 Å². The summed E-state index contributed by atoms with van der Waals surface area (Å²) in [5.74, 6) is 0.278. The Kier molecular flexibility index (Phi) is 5.91. The van der Waals surface area contributed by atoms with Crippen molar-refractivity contribution < 1.29 is 9.53 Å². The highest BCUT2D eigenvalue weighted by atomic mass is 79.9. The summed E-state index contributed by atoms with van der Waals surface area (Å²) in [6.07, 6.45) is 1.49. The lowest BCUT2D eigenvalue weighted by Crippen LogP contribution is -2.35. The summed E-state index contributed by atoms with van der Waals surface area (Å²) in [6, 6.07) is 2.79. The molecule has 4 nitrogen and oxygen atoms in total. The van der Waals surface area contributed by atoms with Crippen LogP contribution in [0, 0.1) is 0 Å². The van der Waals surface area contributed by atoms with Gasteiger partial charge in [0.1, 0.15) is 0 Å². The van der Waals surface area contributed by atoms with Crippen molar-refractivity contribution in [3.8, 4) is 5.75 Å². The highest BCUT2D eigenvalue weighted by molar-refractivity contribution is 9.10. The maximum atomic E-state index is 11.8. The summed E-state index contributed by atoms with van der Waals surface area (Å²) in [4.78, 5) is 11.8. The van der Waals surface area contributed by atoms with Gasteiger partial charge in [-0.25, -0.2) is 0 Å². The zero-order chi connectivity index (χ0) is 13.7. The number of rotatable bonds is 5. The third-order valence-electron chi connectivity index (χ3n) is 2.41. The largest absolute Gasteiger partial charge is 0.493 e. The Labute approximate surface area is 120 Å². The molecule has 0 saturated heterocycles. The predicted octanol–water partition coefficient (Wildman–Crippen LogP) is 3.18. The van der Waals surface area contributed by atoms with Crippen LogP contribution in [0.25, 0.3) is 0 Å². The van der Waals surface area contributed by atoms with Crippen LogP contribution >= 0.6 is 27.5 Å². The summed E-state index contributed by atoms with van der Waals surface area (Å²) in [5.41, 5.74) is 6.25. The van der Waals surface area contributed by atoms with E-state index in [1.807, 2.05) is 6.92 Å². The molecule has 3 N–H and O–H groups in total. The highest BCUT2D eigenvalue weighted by Gasteiger charge is 2.16. The van der Waals surface area contributed by atoms with Crippen molar-refractivity contribution in [1.82, 2.24) is 0 Å². The number of anilines is 1. The number of hydrogen-bond acceptors (Lipinski definition) is 3. The van der Waals surface area contributed by atoms with Crippen LogP contribution in [0.4, 0.5) is 5.69 Å². The highest BCUT2D eigenvalue weighted by Crippen LogP contribution is 2.36. The Hall–Kier alpha value is -0.780. The number of carbonyl (C=O) groups is 1. The van der Waals surface area contributed by atoms with Crippen molar-refractivity contribution in [3.63, 3.8) is 0 Å². The van der Waals surface area contributed by atoms with E-state index in [0.717, 1.165) is 6.42 Å². The molecule has 0 saturated carbocycles. The third-order valence-corrected chi connectivity index (χ3v) is 3.21. The quantitative estimate of drug-likeness (QED) is 0.868. The van der Waals surface area contributed by atoms with Gasteiger partial charge in [-0.3, -0.25) is 4.79 Å². The van der Waals surface area contributed by atoms with Gasteiger partial charge in [0.2, 0.25) is 5.91 Å². The van der Waals surface area contributed by atoms with Crippen LogP contribution in [-0.2, 0) is 4.79 Å². The van der Waals surface area contributed by atoms with Crippen molar-refractivity contribution >= 4 is 39.1 Å². The fourth-order valence-electron chi connectivity index (χ4n) is 1.53. The molecule has 1 aromatic carbocycles. The molecule has 100 valence electrons. The average molecular weight is 336 g/mol. The van der Waals surface area contributed by atoms with E-state index in [0.29, 0.717) is 27.4 Å². The Bertz CT molecular complexity index is 440. The first kappa shape index (κ1) is 15.3. The van der Waals surface area contributed by atoms with Crippen molar-refractivity contribution in [2.24, 2.45) is 5.73 Å². The van der Waals surface area contributed by atoms with Gasteiger partial charge >= 0.3 is 0 Å². The minimum absolute atomic E-state index is 0.246. The van der Waals surface area contributed by atoms with E-state index < -0.39 is 6.04 Å². The topological polar surface area (TPSA) is 64.4 Å². The van der Waals surface area contributed by atoms with E-state index in [1.165, 1.54) is 7.11 Å². The van der Waals surface area contributed by atoms with Crippen LogP contribution in [0.15, 0.2) is 16.6 Å². The summed E-state index contributed by atoms with van der Waals surface area (Å²) in [6.45, 7) is 1.98. The lowest BCUT2D eigenvalue weighted by molar-refractivity contribution is -0.117. The van der Waals surface area contributed by atoms with E-state index in [4.69, 9.17) is 22.1 Å². The molecule has 0 fully saturated rings. The Balaban J connectivity index is 2.93. The maximum Gasteiger partial charge on any atom is 0.241 e. The second-order valence-electron chi connectivity index (χ2n) is 3.85. The Morgan fingerprint density at radius 2 is 2.28 bits per heavy atom. The van der Waals surface area contributed by atoms with E-state index in [-0.39, 0.29) is 5.91 Å². The van der Waals surface area contributed by atoms with E-state index in [1.54, 1.807) is 12.1 Å². The Morgan fingerprint density at radius 1 is 1.61 bits per heavy atom. The molecular formula is C12H16BrClN2O2. The lowest BCUT2D eigenvalue weighted by Gasteiger charge is -2.15. The maximum absolute atomic E-state index is 11.8. The molecule has 0 aromatic heterocycles. The molecule has 6 heteroatoms. The number of halogens is 2. The van der Waals surface area contributed by atoms with Crippen LogP contribution in [-0.4, -0.2) is 19.1 Å². The monoisotopic (exact) mass is 334 g/mol. The molecule has 1 aromatic rings. The molecule has 0 aliphatic rings. The standard InChI is InChI=1S/C12H16BrClN2O2/c1-3-4-9(15)12(17)16-10-6-7(14)5-8(13)11(10)18-2/h5-6,9H,3-4,15H2,1-2H3,(H,16,17). The number of benzene rings is 1. The molecule has 1 rings (SSSR count). The fourth-order valence-corrected chi connectivity index (χ4v) is 2.50. The molecule has 1 unspecified atom stereocenters. The average Bonchev–Trinajstić information content (AvgIpc) is 2.28. The number of carbonyl (C=O) groups excluding carboxylic acids is 1. The van der Waals surface area contributed by atoms with Crippen LogP contribution in [0.2, 0.25) is 5.02 Å². The van der Waals surface area contributed by atoms with Crippen LogP contribution < -0.4 is 15.8 Å². The second kappa shape index (κ2) is 6.97. The SMILES string of the molecule is CCCC(N)C(=O)Nc1cc(Cl)cc(Br)c1OC. The van der Waals surface area contributed by atoms with Gasteiger partial charge in [-0.2, -0.15) is 0 Å². The second-order valence-corrected chi connectivity index (χ2v) is 5.14. The van der Waals surface area contributed by atoms with Gasteiger partial charge in [0.15, 0.2) is 5.75 Å². The third kappa shape index (κ3) is 3.86. The van der Waals surface area contributed by atoms with E-state index in [9.17, 15) is 4.79 Å². The van der Waals surface area contributed by atoms with Gasteiger partial charge in [-0.05, 0) is 34.5 Å². The summed E-state index contributed by atoms with van der Waals surface area (Å²) < 4.78 is 5.89. The molecule has 1 atom stereocenters. The van der Waals surface area contributed by atoms with Crippen LogP contribution in [0.5, 0.6) is 5.75 Å². The van der Waals surface area contributed by atoms with Gasteiger partial charge in [0.05, 0.1) is 23.3 Å². The molecule has 0 aliphatic heterocycles. The molecule has 1 amide bonds. The number of methoxy groups -OCH3 is 1. The first-order chi connectivity index (χ1) is 8.49. The molecule has 0 heterocycles. The van der Waals surface area contributed by atoms with Gasteiger partial charge < -0.3 is 15.8 Å². The normalized spacial score (nSPS) is 12.1. The number of nitrogens with one attached hydrogen (secondary N) is 1. The molecule has 0 aliphatic carbocycles.